The molecule has 0 aliphatic heterocycles. The van der Waals surface area contributed by atoms with Gasteiger partial charge in [-0.25, -0.2) is 0 Å². The number of carbonyl (C=O) groups excluding carboxylic acids is 1. The number of anilines is 1. The number of hydrogen-bond donors (Lipinski definition) is 1. The second-order valence-corrected chi connectivity index (χ2v) is 5.22. The van der Waals surface area contributed by atoms with E-state index in [0.29, 0.717) is 20.5 Å². The fraction of sp³-hybridized carbons (Fsp3) is 0.0833. The van der Waals surface area contributed by atoms with Crippen LogP contribution in [0.4, 0.5) is 5.69 Å². The van der Waals surface area contributed by atoms with Gasteiger partial charge in [-0.3, -0.25) is 4.79 Å². The lowest BCUT2D eigenvalue weighted by molar-refractivity contribution is 0.104. The van der Waals surface area contributed by atoms with Crippen LogP contribution >= 0.6 is 22.9 Å². The van der Waals surface area contributed by atoms with Gasteiger partial charge in [-0.15, -0.1) is 11.3 Å². The zero-order chi connectivity index (χ0) is 11.7. The third-order valence-electron chi connectivity index (χ3n) is 2.33. The highest BCUT2D eigenvalue weighted by atomic mass is 35.5. The molecule has 2 nitrogen and oxygen atoms in total. The lowest BCUT2D eigenvalue weighted by atomic mass is 10.1. The molecule has 2 aromatic rings. The molecule has 0 aliphatic rings. The van der Waals surface area contributed by atoms with Crippen molar-refractivity contribution in [1.29, 1.82) is 0 Å². The summed E-state index contributed by atoms with van der Waals surface area (Å²) < 4.78 is 0.621. The number of rotatable bonds is 2. The maximum atomic E-state index is 12.0. The summed E-state index contributed by atoms with van der Waals surface area (Å²) >= 11 is 7.08. The van der Waals surface area contributed by atoms with E-state index in [2.05, 4.69) is 0 Å². The van der Waals surface area contributed by atoms with Crippen LogP contribution in [0.2, 0.25) is 4.34 Å². The van der Waals surface area contributed by atoms with Crippen molar-refractivity contribution in [3.8, 4) is 0 Å². The first kappa shape index (κ1) is 11.2. The highest BCUT2D eigenvalue weighted by molar-refractivity contribution is 7.18. The van der Waals surface area contributed by atoms with E-state index >= 15 is 0 Å². The summed E-state index contributed by atoms with van der Waals surface area (Å²) in [5, 5.41) is 0. The molecule has 1 aromatic carbocycles. The highest BCUT2D eigenvalue weighted by Crippen LogP contribution is 2.24. The van der Waals surface area contributed by atoms with Crippen LogP contribution in [-0.2, 0) is 0 Å². The predicted octanol–water partition coefficient (Wildman–Crippen LogP) is 3.52. The third kappa shape index (κ3) is 2.10. The predicted molar refractivity (Wildman–Crippen MR) is 68.4 cm³/mol. The van der Waals surface area contributed by atoms with Gasteiger partial charge in [0, 0.05) is 11.3 Å². The number of thiophene rings is 1. The molecule has 4 heteroatoms. The van der Waals surface area contributed by atoms with Gasteiger partial charge in [0.15, 0.2) is 0 Å². The summed E-state index contributed by atoms with van der Waals surface area (Å²) in [6, 6.07) is 8.74. The smallest absolute Gasteiger partial charge is 0.203 e. The monoisotopic (exact) mass is 251 g/mol. The number of nitrogens with two attached hydrogens (primary N) is 1. The minimum atomic E-state index is -0.0139. The molecule has 0 saturated heterocycles. The second-order valence-electron chi connectivity index (χ2n) is 3.50. The molecule has 2 rings (SSSR count). The van der Waals surface area contributed by atoms with Crippen LogP contribution in [0.3, 0.4) is 0 Å². The fourth-order valence-electron chi connectivity index (χ4n) is 1.40. The van der Waals surface area contributed by atoms with E-state index in [1.165, 1.54) is 11.3 Å². The Kier molecular flexibility index (Phi) is 2.99. The van der Waals surface area contributed by atoms with Crippen molar-refractivity contribution in [2.45, 2.75) is 6.92 Å². The Labute approximate surface area is 103 Å². The minimum Gasteiger partial charge on any atom is -0.399 e. The van der Waals surface area contributed by atoms with Crippen LogP contribution in [0.25, 0.3) is 0 Å². The van der Waals surface area contributed by atoms with Crippen molar-refractivity contribution in [2.75, 3.05) is 5.73 Å². The number of halogens is 1. The highest BCUT2D eigenvalue weighted by Gasteiger charge is 2.12. The lowest BCUT2D eigenvalue weighted by Crippen LogP contribution is -2.00. The Morgan fingerprint density at radius 3 is 2.62 bits per heavy atom. The molecule has 0 aliphatic carbocycles. The zero-order valence-corrected chi connectivity index (χ0v) is 10.2. The molecule has 0 saturated carbocycles. The van der Waals surface area contributed by atoms with Crippen LogP contribution < -0.4 is 5.73 Å². The summed E-state index contributed by atoms with van der Waals surface area (Å²) in [4.78, 5) is 12.7. The number of aryl methyl sites for hydroxylation is 1. The normalized spacial score (nSPS) is 10.4. The summed E-state index contributed by atoms with van der Waals surface area (Å²) in [5.74, 6) is -0.0139. The molecule has 0 fully saturated rings. The van der Waals surface area contributed by atoms with E-state index in [1.54, 1.807) is 30.3 Å². The summed E-state index contributed by atoms with van der Waals surface area (Å²) in [7, 11) is 0. The van der Waals surface area contributed by atoms with Crippen LogP contribution in [0.5, 0.6) is 0 Å². The molecular formula is C12H10ClNOS. The largest absolute Gasteiger partial charge is 0.399 e. The van der Waals surface area contributed by atoms with E-state index in [4.69, 9.17) is 17.3 Å². The molecule has 82 valence electrons. The molecule has 0 unspecified atom stereocenters. The average molecular weight is 252 g/mol. The molecule has 0 spiro atoms. The first-order valence-electron chi connectivity index (χ1n) is 4.74. The zero-order valence-electron chi connectivity index (χ0n) is 8.66. The van der Waals surface area contributed by atoms with Gasteiger partial charge in [-0.1, -0.05) is 11.6 Å². The van der Waals surface area contributed by atoms with E-state index in [9.17, 15) is 4.79 Å². The molecule has 0 atom stereocenters. The molecule has 16 heavy (non-hydrogen) atoms. The topological polar surface area (TPSA) is 43.1 Å². The molecule has 0 bridgehead atoms. The van der Waals surface area contributed by atoms with Crippen LogP contribution in [0.15, 0.2) is 30.3 Å². The Morgan fingerprint density at radius 2 is 2.06 bits per heavy atom. The first-order chi connectivity index (χ1) is 7.58. The van der Waals surface area contributed by atoms with Crippen molar-refractivity contribution >= 4 is 34.4 Å². The van der Waals surface area contributed by atoms with E-state index in [1.807, 2.05) is 6.92 Å². The van der Waals surface area contributed by atoms with Gasteiger partial charge < -0.3 is 5.73 Å². The van der Waals surface area contributed by atoms with Gasteiger partial charge in [0.25, 0.3) is 0 Å². The Hall–Kier alpha value is -1.32. The van der Waals surface area contributed by atoms with Gasteiger partial charge in [0.1, 0.15) is 0 Å². The van der Waals surface area contributed by atoms with E-state index in [0.717, 1.165) is 5.56 Å². The Bertz CT molecular complexity index is 548. The standard InChI is InChI=1S/C12H10ClNOS/c1-7-6-8(2-3-9(7)14)12(15)10-4-5-11(13)16-10/h2-6H,14H2,1H3. The quantitative estimate of drug-likeness (QED) is 0.656. The second kappa shape index (κ2) is 4.28. The maximum absolute atomic E-state index is 12.0. The third-order valence-corrected chi connectivity index (χ3v) is 3.56. The lowest BCUT2D eigenvalue weighted by Gasteiger charge is -2.02. The Morgan fingerprint density at radius 1 is 1.31 bits per heavy atom. The molecule has 0 radical (unpaired) electrons. The molecule has 1 aromatic heterocycles. The van der Waals surface area contributed by atoms with Gasteiger partial charge in [0.05, 0.1) is 9.21 Å². The number of ketones is 1. The SMILES string of the molecule is Cc1cc(C(=O)c2ccc(Cl)s2)ccc1N. The van der Waals surface area contributed by atoms with Gasteiger partial charge >= 0.3 is 0 Å². The van der Waals surface area contributed by atoms with Crippen molar-refractivity contribution in [2.24, 2.45) is 0 Å². The first-order valence-corrected chi connectivity index (χ1v) is 5.93. The van der Waals surface area contributed by atoms with Gasteiger partial charge in [-0.05, 0) is 42.8 Å². The number of hydrogen-bond acceptors (Lipinski definition) is 3. The van der Waals surface area contributed by atoms with E-state index in [-0.39, 0.29) is 5.78 Å². The number of nitrogen functional groups attached to an aromatic ring is 1. The maximum Gasteiger partial charge on any atom is 0.203 e. The van der Waals surface area contributed by atoms with Crippen molar-refractivity contribution in [3.05, 3.63) is 50.7 Å². The summed E-state index contributed by atoms with van der Waals surface area (Å²) in [5.41, 5.74) is 7.95. The van der Waals surface area contributed by atoms with Crippen molar-refractivity contribution in [3.63, 3.8) is 0 Å². The van der Waals surface area contributed by atoms with Crippen LogP contribution in [0, 0.1) is 6.92 Å². The molecule has 0 amide bonds. The summed E-state index contributed by atoms with van der Waals surface area (Å²) in [6.07, 6.45) is 0. The number of carbonyl (C=O) groups is 1. The Balaban J connectivity index is 2.38. The van der Waals surface area contributed by atoms with Crippen LogP contribution in [0.1, 0.15) is 20.8 Å². The number of benzene rings is 1. The molecule has 2 N–H and O–H groups in total. The molecule has 1 heterocycles. The van der Waals surface area contributed by atoms with Gasteiger partial charge in [0.2, 0.25) is 5.78 Å². The average Bonchev–Trinajstić information content (AvgIpc) is 2.68. The van der Waals surface area contributed by atoms with Gasteiger partial charge in [-0.2, -0.15) is 0 Å². The molecular weight excluding hydrogens is 242 g/mol. The minimum absolute atomic E-state index is 0.0139. The van der Waals surface area contributed by atoms with Crippen LogP contribution in [-0.4, -0.2) is 5.78 Å². The summed E-state index contributed by atoms with van der Waals surface area (Å²) in [6.45, 7) is 1.88. The van der Waals surface area contributed by atoms with Crippen molar-refractivity contribution < 1.29 is 4.79 Å². The van der Waals surface area contributed by atoms with E-state index < -0.39 is 0 Å². The fourth-order valence-corrected chi connectivity index (χ4v) is 2.40. The van der Waals surface area contributed by atoms with Crippen molar-refractivity contribution in [1.82, 2.24) is 0 Å².